The molecule has 4 nitrogen and oxygen atoms in total. The lowest BCUT2D eigenvalue weighted by Crippen LogP contribution is -2.33. The Labute approximate surface area is 119 Å². The molecule has 1 aliphatic rings. The van der Waals surface area contributed by atoms with Gasteiger partial charge in [0.1, 0.15) is 11.6 Å². The van der Waals surface area contributed by atoms with Crippen molar-refractivity contribution >= 4 is 27.7 Å². The number of halogens is 2. The molecule has 1 aromatic rings. The fourth-order valence-electron chi connectivity index (χ4n) is 2.24. The zero-order chi connectivity index (χ0) is 14.2. The average molecular weight is 329 g/mol. The maximum absolute atomic E-state index is 13.9. The maximum atomic E-state index is 13.9. The molecule has 1 heterocycles. The molecule has 19 heavy (non-hydrogen) atoms. The molecule has 1 atom stereocenters. The van der Waals surface area contributed by atoms with E-state index in [0.717, 1.165) is 4.47 Å². The second-order valence-electron chi connectivity index (χ2n) is 4.66. The third-order valence-corrected chi connectivity index (χ3v) is 3.66. The third-order valence-electron chi connectivity index (χ3n) is 3.16. The van der Waals surface area contributed by atoms with Crippen molar-refractivity contribution in [3.8, 4) is 0 Å². The largest absolute Gasteiger partial charge is 0.320 e. The zero-order valence-electron chi connectivity index (χ0n) is 10.7. The summed E-state index contributed by atoms with van der Waals surface area (Å²) < 4.78 is 14.6. The molecule has 1 fully saturated rings. The Morgan fingerprint density at radius 3 is 2.84 bits per heavy atom. The van der Waals surface area contributed by atoms with Gasteiger partial charge in [0.2, 0.25) is 0 Å². The number of rotatable bonds is 3. The first-order valence-corrected chi connectivity index (χ1v) is 6.65. The highest BCUT2D eigenvalue weighted by Crippen LogP contribution is 2.31. The number of hydrogen-bond donors (Lipinski definition) is 0. The van der Waals surface area contributed by atoms with E-state index in [-0.39, 0.29) is 30.2 Å². The summed E-state index contributed by atoms with van der Waals surface area (Å²) in [6, 6.07) is 4.03. The third kappa shape index (κ3) is 2.78. The number of hydrogen-bond acceptors (Lipinski definition) is 2. The van der Waals surface area contributed by atoms with Crippen LogP contribution < -0.4 is 0 Å². The molecule has 0 saturated carbocycles. The number of carbonyl (C=O) groups excluding carboxylic acids is 2. The molecule has 0 bridgehead atoms. The van der Waals surface area contributed by atoms with Crippen LogP contribution in [0, 0.1) is 5.82 Å². The summed E-state index contributed by atoms with van der Waals surface area (Å²) in [6.45, 7) is 1.82. The SMILES string of the molecule is CC(=O)CN1CC(c2cc(Br)ccc2F)N(C)C1=O. The van der Waals surface area contributed by atoms with Gasteiger partial charge in [-0.05, 0) is 25.1 Å². The summed E-state index contributed by atoms with van der Waals surface area (Å²) in [4.78, 5) is 26.0. The van der Waals surface area contributed by atoms with E-state index in [1.807, 2.05) is 0 Å². The molecule has 0 aromatic heterocycles. The number of urea groups is 1. The van der Waals surface area contributed by atoms with E-state index in [9.17, 15) is 14.0 Å². The first-order valence-electron chi connectivity index (χ1n) is 5.86. The first-order chi connectivity index (χ1) is 8.90. The number of ketones is 1. The van der Waals surface area contributed by atoms with Gasteiger partial charge in [0.25, 0.3) is 0 Å². The van der Waals surface area contributed by atoms with Gasteiger partial charge in [0.15, 0.2) is 0 Å². The summed E-state index contributed by atoms with van der Waals surface area (Å²) >= 11 is 3.30. The fourth-order valence-corrected chi connectivity index (χ4v) is 2.62. The normalized spacial score (nSPS) is 19.2. The second-order valence-corrected chi connectivity index (χ2v) is 5.57. The number of amides is 2. The molecule has 0 N–H and O–H groups in total. The topological polar surface area (TPSA) is 40.6 Å². The van der Waals surface area contributed by atoms with Crippen molar-refractivity contribution in [3.63, 3.8) is 0 Å². The number of carbonyl (C=O) groups is 2. The minimum Gasteiger partial charge on any atom is -0.319 e. The molecule has 2 amide bonds. The standard InChI is InChI=1S/C13H14BrFN2O2/c1-8(18)6-17-7-12(16(2)13(17)19)10-5-9(14)3-4-11(10)15/h3-5,12H,6-7H2,1-2H3. The van der Waals surface area contributed by atoms with Crippen molar-refractivity contribution in [1.29, 1.82) is 0 Å². The minimum atomic E-state index is -0.371. The monoisotopic (exact) mass is 328 g/mol. The Bertz CT molecular complexity index is 535. The van der Waals surface area contributed by atoms with Gasteiger partial charge >= 0.3 is 6.03 Å². The Kier molecular flexibility index (Phi) is 3.89. The van der Waals surface area contributed by atoms with Crippen LogP contribution in [0.25, 0.3) is 0 Å². The highest BCUT2D eigenvalue weighted by atomic mass is 79.9. The molecule has 0 spiro atoms. The van der Waals surface area contributed by atoms with Crippen LogP contribution >= 0.6 is 15.9 Å². The van der Waals surface area contributed by atoms with Gasteiger partial charge in [-0.2, -0.15) is 0 Å². The zero-order valence-corrected chi connectivity index (χ0v) is 12.3. The van der Waals surface area contributed by atoms with Crippen LogP contribution in [0.5, 0.6) is 0 Å². The predicted octanol–water partition coefficient (Wildman–Crippen LogP) is 2.59. The van der Waals surface area contributed by atoms with Crippen molar-refractivity contribution in [2.75, 3.05) is 20.1 Å². The van der Waals surface area contributed by atoms with E-state index in [1.54, 1.807) is 19.2 Å². The van der Waals surface area contributed by atoms with E-state index in [1.165, 1.54) is 22.8 Å². The Hall–Kier alpha value is -1.43. The summed E-state index contributed by atoms with van der Waals surface area (Å²) in [5.41, 5.74) is 0.455. The minimum absolute atomic E-state index is 0.0648. The second kappa shape index (κ2) is 5.28. The fraction of sp³-hybridized carbons (Fsp3) is 0.385. The lowest BCUT2D eigenvalue weighted by atomic mass is 10.1. The smallest absolute Gasteiger partial charge is 0.319 e. The quantitative estimate of drug-likeness (QED) is 0.855. The number of likely N-dealkylation sites (N-methyl/N-ethyl adjacent to an activating group) is 1. The molecular formula is C13H14BrFN2O2. The van der Waals surface area contributed by atoms with Crippen molar-refractivity contribution in [1.82, 2.24) is 9.80 Å². The summed E-state index contributed by atoms with van der Waals surface area (Å²) in [6.07, 6.45) is 0. The molecule has 102 valence electrons. The van der Waals surface area contributed by atoms with E-state index in [2.05, 4.69) is 15.9 Å². The average Bonchev–Trinajstić information content (AvgIpc) is 2.60. The molecule has 6 heteroatoms. The van der Waals surface area contributed by atoms with Gasteiger partial charge in [0, 0.05) is 23.6 Å². The Balaban J connectivity index is 2.28. The van der Waals surface area contributed by atoms with Crippen molar-refractivity contribution in [2.45, 2.75) is 13.0 Å². The van der Waals surface area contributed by atoms with Crippen molar-refractivity contribution < 1.29 is 14.0 Å². The molecule has 1 aliphatic heterocycles. The maximum Gasteiger partial charge on any atom is 0.320 e. The van der Waals surface area contributed by atoms with E-state index < -0.39 is 0 Å². The Morgan fingerprint density at radius 1 is 1.53 bits per heavy atom. The van der Waals surface area contributed by atoms with Crippen LogP contribution in [0.4, 0.5) is 9.18 Å². The highest BCUT2D eigenvalue weighted by molar-refractivity contribution is 9.10. The van der Waals surface area contributed by atoms with Crippen LogP contribution in [0.1, 0.15) is 18.5 Å². The number of benzene rings is 1. The van der Waals surface area contributed by atoms with E-state index in [4.69, 9.17) is 0 Å². The van der Waals surface area contributed by atoms with E-state index in [0.29, 0.717) is 12.1 Å². The molecule has 1 unspecified atom stereocenters. The predicted molar refractivity (Wildman–Crippen MR) is 72.3 cm³/mol. The van der Waals surface area contributed by atoms with E-state index >= 15 is 0 Å². The number of nitrogens with zero attached hydrogens (tertiary/aromatic N) is 2. The summed E-state index contributed by atoms with van der Waals surface area (Å²) in [7, 11) is 1.62. The van der Waals surface area contributed by atoms with Crippen molar-refractivity contribution in [2.24, 2.45) is 0 Å². The van der Waals surface area contributed by atoms with Gasteiger partial charge < -0.3 is 9.80 Å². The molecular weight excluding hydrogens is 315 g/mol. The first kappa shape index (κ1) is 14.0. The van der Waals surface area contributed by atoms with Crippen LogP contribution in [0.15, 0.2) is 22.7 Å². The summed E-state index contributed by atoms with van der Waals surface area (Å²) in [5, 5.41) is 0. The molecule has 2 rings (SSSR count). The van der Waals surface area contributed by atoms with Crippen molar-refractivity contribution in [3.05, 3.63) is 34.1 Å². The highest BCUT2D eigenvalue weighted by Gasteiger charge is 2.37. The van der Waals surface area contributed by atoms with Crippen LogP contribution in [-0.4, -0.2) is 41.8 Å². The number of Topliss-reactive ketones (excluding diaryl/α,β-unsaturated/α-hetero) is 1. The van der Waals surface area contributed by atoms with Crippen LogP contribution in [0.3, 0.4) is 0 Å². The molecule has 1 saturated heterocycles. The van der Waals surface area contributed by atoms with Gasteiger partial charge in [-0.25, -0.2) is 9.18 Å². The molecule has 0 aliphatic carbocycles. The Morgan fingerprint density at radius 2 is 2.21 bits per heavy atom. The molecule has 1 aromatic carbocycles. The molecule has 0 radical (unpaired) electrons. The lowest BCUT2D eigenvalue weighted by molar-refractivity contribution is -0.117. The van der Waals surface area contributed by atoms with Gasteiger partial charge in [-0.3, -0.25) is 4.79 Å². The van der Waals surface area contributed by atoms with Gasteiger partial charge in [0.05, 0.1) is 12.6 Å². The summed E-state index contributed by atoms with van der Waals surface area (Å²) in [5.74, 6) is -0.436. The van der Waals surface area contributed by atoms with Gasteiger partial charge in [-0.1, -0.05) is 15.9 Å². The lowest BCUT2D eigenvalue weighted by Gasteiger charge is -2.18. The van der Waals surface area contributed by atoms with Gasteiger partial charge in [-0.15, -0.1) is 0 Å². The van der Waals surface area contributed by atoms with Crippen LogP contribution in [-0.2, 0) is 4.79 Å². The van der Waals surface area contributed by atoms with Crippen LogP contribution in [0.2, 0.25) is 0 Å².